The molecule has 0 atom stereocenters. The maximum atomic E-state index is 13.8. The van der Waals surface area contributed by atoms with E-state index in [2.05, 4.69) is 9.44 Å². The van der Waals surface area contributed by atoms with Gasteiger partial charge in [0.1, 0.15) is 5.82 Å². The minimum Gasteiger partial charge on any atom is -0.280 e. The first kappa shape index (κ1) is 22.2. The average molecular weight is 465 g/mol. The second-order valence-corrected chi connectivity index (χ2v) is 9.76. The lowest BCUT2D eigenvalue weighted by molar-refractivity contribution is -0.384. The first-order chi connectivity index (χ1) is 14.5. The zero-order valence-corrected chi connectivity index (χ0v) is 17.6. The van der Waals surface area contributed by atoms with Gasteiger partial charge in [0.25, 0.3) is 25.7 Å². The summed E-state index contributed by atoms with van der Waals surface area (Å²) >= 11 is 0. The molecule has 9 nitrogen and oxygen atoms in total. The summed E-state index contributed by atoms with van der Waals surface area (Å²) in [5, 5.41) is 10.7. The highest BCUT2D eigenvalue weighted by molar-refractivity contribution is 7.93. The maximum Gasteiger partial charge on any atom is 0.269 e. The Morgan fingerprint density at radius 2 is 1.52 bits per heavy atom. The number of nitrogens with zero attached hydrogens (tertiary/aromatic N) is 1. The van der Waals surface area contributed by atoms with Gasteiger partial charge in [-0.1, -0.05) is 18.2 Å². The van der Waals surface area contributed by atoms with Crippen molar-refractivity contribution in [2.24, 2.45) is 0 Å². The zero-order chi connectivity index (χ0) is 22.8. The predicted octanol–water partition coefficient (Wildman–Crippen LogP) is 3.64. The molecule has 2 N–H and O–H groups in total. The number of nitro benzene ring substituents is 1. The van der Waals surface area contributed by atoms with Crippen molar-refractivity contribution in [2.75, 3.05) is 9.44 Å². The Morgan fingerprint density at radius 3 is 2.13 bits per heavy atom. The Bertz CT molecular complexity index is 1360. The summed E-state index contributed by atoms with van der Waals surface area (Å²) in [6.45, 7) is 1.50. The van der Waals surface area contributed by atoms with E-state index in [0.717, 1.165) is 36.4 Å². The van der Waals surface area contributed by atoms with Crippen LogP contribution in [-0.4, -0.2) is 21.8 Å². The van der Waals surface area contributed by atoms with Gasteiger partial charge in [-0.05, 0) is 48.9 Å². The lowest BCUT2D eigenvalue weighted by atomic mass is 10.2. The third kappa shape index (κ3) is 4.98. The van der Waals surface area contributed by atoms with Gasteiger partial charge in [0.05, 0.1) is 26.1 Å². The average Bonchev–Trinajstić information content (AvgIpc) is 2.71. The Kier molecular flexibility index (Phi) is 5.95. The van der Waals surface area contributed by atoms with Crippen LogP contribution in [0.5, 0.6) is 0 Å². The molecule has 0 aliphatic heterocycles. The molecule has 0 bridgehead atoms. The fraction of sp³-hybridized carbons (Fsp3) is 0.0526. The Morgan fingerprint density at radius 1 is 0.871 bits per heavy atom. The fourth-order valence-electron chi connectivity index (χ4n) is 2.66. The number of sulfonamides is 2. The number of halogens is 1. The number of rotatable bonds is 7. The minimum atomic E-state index is -4.22. The third-order valence-electron chi connectivity index (χ3n) is 4.21. The van der Waals surface area contributed by atoms with Crippen molar-refractivity contribution < 1.29 is 26.1 Å². The molecule has 12 heteroatoms. The highest BCUT2D eigenvalue weighted by Crippen LogP contribution is 2.26. The van der Waals surface area contributed by atoms with E-state index in [-0.39, 0.29) is 26.9 Å². The SMILES string of the molecule is Cc1ccc(NS(=O)(=O)c2ccc([N+](=O)[O-])cc2)cc1S(=O)(=O)Nc1ccccc1F. The van der Waals surface area contributed by atoms with E-state index in [1.807, 2.05) is 0 Å². The van der Waals surface area contributed by atoms with Gasteiger partial charge in [-0.15, -0.1) is 0 Å². The zero-order valence-electron chi connectivity index (χ0n) is 15.9. The molecular weight excluding hydrogens is 449 g/mol. The van der Waals surface area contributed by atoms with E-state index in [9.17, 15) is 31.3 Å². The molecule has 3 aromatic carbocycles. The fourth-order valence-corrected chi connectivity index (χ4v) is 5.05. The summed E-state index contributed by atoms with van der Waals surface area (Å²) in [5.41, 5.74) is -0.277. The molecule has 0 spiro atoms. The second-order valence-electron chi connectivity index (χ2n) is 6.42. The second kappa shape index (κ2) is 8.32. The molecular formula is C19H16FN3O6S2. The van der Waals surface area contributed by atoms with Gasteiger partial charge in [-0.2, -0.15) is 0 Å². The summed E-state index contributed by atoms with van der Waals surface area (Å²) in [4.78, 5) is 9.57. The van der Waals surface area contributed by atoms with Crippen molar-refractivity contribution in [1.82, 2.24) is 0 Å². The van der Waals surface area contributed by atoms with Crippen LogP contribution in [-0.2, 0) is 20.0 Å². The molecule has 3 rings (SSSR count). The van der Waals surface area contributed by atoms with Gasteiger partial charge in [0, 0.05) is 12.1 Å². The number of nitro groups is 1. The first-order valence-electron chi connectivity index (χ1n) is 8.65. The van der Waals surface area contributed by atoms with Crippen LogP contribution < -0.4 is 9.44 Å². The lowest BCUT2D eigenvalue weighted by Crippen LogP contribution is -2.17. The monoisotopic (exact) mass is 465 g/mol. The molecule has 0 aliphatic rings. The van der Waals surface area contributed by atoms with E-state index in [4.69, 9.17) is 0 Å². The quantitative estimate of drug-likeness (QED) is 0.404. The Balaban J connectivity index is 1.91. The van der Waals surface area contributed by atoms with Gasteiger partial charge >= 0.3 is 0 Å². The van der Waals surface area contributed by atoms with E-state index in [1.54, 1.807) is 0 Å². The van der Waals surface area contributed by atoms with Crippen molar-refractivity contribution in [2.45, 2.75) is 16.7 Å². The highest BCUT2D eigenvalue weighted by Gasteiger charge is 2.21. The number of hydrogen-bond acceptors (Lipinski definition) is 6. The normalized spacial score (nSPS) is 11.7. The smallest absolute Gasteiger partial charge is 0.269 e. The van der Waals surface area contributed by atoms with Gasteiger partial charge in [-0.3, -0.25) is 19.6 Å². The molecule has 0 unspecified atom stereocenters. The molecule has 0 saturated heterocycles. The summed E-state index contributed by atoms with van der Waals surface area (Å²) in [6.07, 6.45) is 0. The van der Waals surface area contributed by atoms with Crippen LogP contribution in [0, 0.1) is 22.9 Å². The molecule has 0 radical (unpaired) electrons. The van der Waals surface area contributed by atoms with Crippen LogP contribution in [0.1, 0.15) is 5.56 Å². The van der Waals surface area contributed by atoms with Gasteiger partial charge in [0.15, 0.2) is 0 Å². The molecule has 162 valence electrons. The third-order valence-corrected chi connectivity index (χ3v) is 7.11. The summed E-state index contributed by atoms with van der Waals surface area (Å²) < 4.78 is 68.8. The topological polar surface area (TPSA) is 135 Å². The first-order valence-corrected chi connectivity index (χ1v) is 11.6. The number of non-ortho nitro benzene ring substituents is 1. The van der Waals surface area contributed by atoms with Crippen LogP contribution in [0.4, 0.5) is 21.5 Å². The molecule has 0 amide bonds. The van der Waals surface area contributed by atoms with Crippen LogP contribution in [0.15, 0.2) is 76.5 Å². The van der Waals surface area contributed by atoms with Crippen molar-refractivity contribution in [1.29, 1.82) is 0 Å². The van der Waals surface area contributed by atoms with Gasteiger partial charge < -0.3 is 0 Å². The molecule has 0 aromatic heterocycles. The van der Waals surface area contributed by atoms with E-state index < -0.39 is 30.8 Å². The molecule has 0 aliphatic carbocycles. The lowest BCUT2D eigenvalue weighted by Gasteiger charge is -2.14. The predicted molar refractivity (Wildman–Crippen MR) is 112 cm³/mol. The summed E-state index contributed by atoms with van der Waals surface area (Å²) in [6, 6.07) is 13.3. The van der Waals surface area contributed by atoms with E-state index >= 15 is 0 Å². The largest absolute Gasteiger partial charge is 0.280 e. The number of para-hydroxylation sites is 1. The standard InChI is InChI=1S/C19H16FN3O6S2/c1-13-6-7-14(21-30(26,27)16-10-8-15(9-11-16)23(24)25)12-19(13)31(28,29)22-18-5-3-2-4-17(18)20/h2-12,21-22H,1H3. The van der Waals surface area contributed by atoms with Gasteiger partial charge in [0.2, 0.25) is 0 Å². The van der Waals surface area contributed by atoms with Gasteiger partial charge in [-0.25, -0.2) is 21.2 Å². The number of hydrogen-bond donors (Lipinski definition) is 2. The van der Waals surface area contributed by atoms with Crippen molar-refractivity contribution in [3.8, 4) is 0 Å². The number of nitrogens with one attached hydrogen (secondary N) is 2. The molecule has 3 aromatic rings. The molecule has 31 heavy (non-hydrogen) atoms. The van der Waals surface area contributed by atoms with Crippen LogP contribution in [0.3, 0.4) is 0 Å². The van der Waals surface area contributed by atoms with E-state index in [0.29, 0.717) is 5.56 Å². The van der Waals surface area contributed by atoms with Crippen LogP contribution in [0.2, 0.25) is 0 Å². The summed E-state index contributed by atoms with van der Waals surface area (Å²) in [7, 11) is -8.37. The minimum absolute atomic E-state index is 0.0575. The van der Waals surface area contributed by atoms with Crippen LogP contribution in [0.25, 0.3) is 0 Å². The number of anilines is 2. The summed E-state index contributed by atoms with van der Waals surface area (Å²) in [5.74, 6) is -0.765. The van der Waals surface area contributed by atoms with Crippen molar-refractivity contribution >= 4 is 37.1 Å². The number of benzene rings is 3. The Hall–Kier alpha value is -3.51. The van der Waals surface area contributed by atoms with Crippen LogP contribution >= 0.6 is 0 Å². The number of aryl methyl sites for hydroxylation is 1. The highest BCUT2D eigenvalue weighted by atomic mass is 32.2. The van der Waals surface area contributed by atoms with E-state index in [1.165, 1.54) is 37.3 Å². The van der Waals surface area contributed by atoms with Crippen molar-refractivity contribution in [3.63, 3.8) is 0 Å². The Labute approximate surface area is 177 Å². The molecule has 0 fully saturated rings. The molecule has 0 saturated carbocycles. The maximum absolute atomic E-state index is 13.8. The molecule has 0 heterocycles. The van der Waals surface area contributed by atoms with Crippen molar-refractivity contribution in [3.05, 3.63) is 88.2 Å².